The molecule has 0 saturated carbocycles. The molecular weight excluding hydrogens is 302 g/mol. The van der Waals surface area contributed by atoms with Crippen LogP contribution < -0.4 is 0 Å². The van der Waals surface area contributed by atoms with E-state index in [1.807, 2.05) is 44.2 Å². The van der Waals surface area contributed by atoms with Gasteiger partial charge in [0, 0.05) is 18.3 Å². The summed E-state index contributed by atoms with van der Waals surface area (Å²) in [5.41, 5.74) is 3.91. The van der Waals surface area contributed by atoms with Crippen molar-refractivity contribution in [2.24, 2.45) is 11.1 Å². The summed E-state index contributed by atoms with van der Waals surface area (Å²) in [7, 11) is 0. The second kappa shape index (κ2) is 8.34. The van der Waals surface area contributed by atoms with E-state index in [0.717, 1.165) is 29.2 Å². The van der Waals surface area contributed by atoms with E-state index in [-0.39, 0.29) is 11.7 Å². The first-order valence-corrected chi connectivity index (χ1v) is 8.03. The molecule has 0 fully saturated rings. The third-order valence-electron chi connectivity index (χ3n) is 3.54. The van der Waals surface area contributed by atoms with Crippen LogP contribution in [0.5, 0.6) is 0 Å². The molecule has 0 spiro atoms. The van der Waals surface area contributed by atoms with Crippen molar-refractivity contribution in [2.45, 2.75) is 34.1 Å². The van der Waals surface area contributed by atoms with Crippen molar-refractivity contribution in [3.8, 4) is 0 Å². The maximum Gasteiger partial charge on any atom is 0.178 e. The van der Waals surface area contributed by atoms with Gasteiger partial charge in [0.25, 0.3) is 0 Å². The monoisotopic (exact) mass is 325 g/mol. The van der Waals surface area contributed by atoms with Gasteiger partial charge in [0.1, 0.15) is 18.0 Å². The number of rotatable bonds is 7. The maximum atomic E-state index is 11.4. The number of carbonyl (C=O) groups is 1. The summed E-state index contributed by atoms with van der Waals surface area (Å²) in [5.74, 6) is 0.216. The lowest BCUT2D eigenvalue weighted by Crippen LogP contribution is -2.10. The number of hydrogen-bond acceptors (Lipinski definition) is 5. The molecule has 0 saturated heterocycles. The van der Waals surface area contributed by atoms with Crippen molar-refractivity contribution in [1.29, 1.82) is 0 Å². The summed E-state index contributed by atoms with van der Waals surface area (Å²) < 4.78 is 0. The molecule has 5 nitrogen and oxygen atoms in total. The minimum atomic E-state index is -0.0216. The standard InChI is InChI=1S/C19H23N3O2/c1-13(11-17-8-6-10-19(21-17)16(4)23)12-24-22-15(3)18-9-5-7-14(2)20-18/h5-10,13H,11-12H2,1-4H3/b22-15+. The van der Waals surface area contributed by atoms with E-state index in [1.54, 1.807) is 6.07 Å². The summed E-state index contributed by atoms with van der Waals surface area (Å²) in [5, 5.41) is 4.14. The van der Waals surface area contributed by atoms with Gasteiger partial charge in [-0.15, -0.1) is 0 Å². The summed E-state index contributed by atoms with van der Waals surface area (Å²) >= 11 is 0. The minimum Gasteiger partial charge on any atom is -0.395 e. The van der Waals surface area contributed by atoms with Crippen molar-refractivity contribution in [2.75, 3.05) is 6.61 Å². The average molecular weight is 325 g/mol. The Kier molecular flexibility index (Phi) is 6.18. The molecule has 0 radical (unpaired) electrons. The van der Waals surface area contributed by atoms with Crippen LogP contribution in [0.25, 0.3) is 0 Å². The number of hydrogen-bond donors (Lipinski definition) is 0. The number of aryl methyl sites for hydroxylation is 1. The zero-order valence-corrected chi connectivity index (χ0v) is 14.6. The van der Waals surface area contributed by atoms with Gasteiger partial charge in [0.2, 0.25) is 0 Å². The second-order valence-corrected chi connectivity index (χ2v) is 6.02. The molecule has 0 aliphatic heterocycles. The zero-order valence-electron chi connectivity index (χ0n) is 14.6. The molecule has 2 aromatic rings. The first kappa shape index (κ1) is 17.8. The predicted octanol–water partition coefficient (Wildman–Crippen LogP) is 3.61. The van der Waals surface area contributed by atoms with Crippen molar-refractivity contribution in [1.82, 2.24) is 9.97 Å². The summed E-state index contributed by atoms with van der Waals surface area (Å²) in [6.07, 6.45) is 0.735. The van der Waals surface area contributed by atoms with Gasteiger partial charge < -0.3 is 4.84 Å². The Hall–Kier alpha value is -2.56. The zero-order chi connectivity index (χ0) is 17.5. The molecule has 0 aliphatic carbocycles. The Labute approximate surface area is 142 Å². The Bertz CT molecular complexity index is 741. The van der Waals surface area contributed by atoms with Crippen LogP contribution in [-0.4, -0.2) is 28.1 Å². The van der Waals surface area contributed by atoms with Gasteiger partial charge in [-0.2, -0.15) is 0 Å². The van der Waals surface area contributed by atoms with Crippen LogP contribution in [0.3, 0.4) is 0 Å². The highest BCUT2D eigenvalue weighted by atomic mass is 16.6. The molecule has 0 amide bonds. The minimum absolute atomic E-state index is 0.0216. The molecule has 0 bridgehead atoms. The topological polar surface area (TPSA) is 64.4 Å². The van der Waals surface area contributed by atoms with E-state index < -0.39 is 0 Å². The predicted molar refractivity (Wildman–Crippen MR) is 94.2 cm³/mol. The van der Waals surface area contributed by atoms with Crippen LogP contribution in [0.15, 0.2) is 41.6 Å². The summed E-state index contributed by atoms with van der Waals surface area (Å²) in [6, 6.07) is 11.3. The van der Waals surface area contributed by atoms with Gasteiger partial charge in [-0.3, -0.25) is 9.78 Å². The molecule has 0 N–H and O–H groups in total. The Morgan fingerprint density at radius 3 is 2.54 bits per heavy atom. The van der Waals surface area contributed by atoms with Crippen LogP contribution in [0.4, 0.5) is 0 Å². The smallest absolute Gasteiger partial charge is 0.178 e. The van der Waals surface area contributed by atoms with Crippen molar-refractivity contribution in [3.63, 3.8) is 0 Å². The van der Waals surface area contributed by atoms with Gasteiger partial charge in [-0.05, 0) is 50.5 Å². The molecule has 1 unspecified atom stereocenters. The van der Waals surface area contributed by atoms with Gasteiger partial charge in [-0.1, -0.05) is 24.2 Å². The molecule has 5 heteroatoms. The van der Waals surface area contributed by atoms with Gasteiger partial charge in [-0.25, -0.2) is 4.98 Å². The summed E-state index contributed by atoms with van der Waals surface area (Å²) in [4.78, 5) is 25.6. The fraction of sp³-hybridized carbons (Fsp3) is 0.368. The Morgan fingerprint density at radius 2 is 1.83 bits per heavy atom. The SMILES string of the molecule is CC(=O)c1cccc(CC(C)CO/N=C(\C)c2cccc(C)n2)n1. The quantitative estimate of drug-likeness (QED) is 0.443. The van der Waals surface area contributed by atoms with E-state index in [4.69, 9.17) is 4.84 Å². The summed E-state index contributed by atoms with van der Waals surface area (Å²) in [6.45, 7) is 7.90. The number of pyridine rings is 2. The highest BCUT2D eigenvalue weighted by molar-refractivity contribution is 5.96. The van der Waals surface area contributed by atoms with Gasteiger partial charge >= 0.3 is 0 Å². The molecule has 126 valence electrons. The van der Waals surface area contributed by atoms with E-state index >= 15 is 0 Å². The van der Waals surface area contributed by atoms with Crippen LogP contribution >= 0.6 is 0 Å². The van der Waals surface area contributed by atoms with Crippen molar-refractivity contribution in [3.05, 3.63) is 59.2 Å². The van der Waals surface area contributed by atoms with E-state index in [2.05, 4.69) is 22.0 Å². The van der Waals surface area contributed by atoms with Crippen molar-refractivity contribution < 1.29 is 9.63 Å². The molecular formula is C19H23N3O2. The van der Waals surface area contributed by atoms with Gasteiger partial charge in [0.05, 0.1) is 5.69 Å². The molecule has 0 aliphatic rings. The molecule has 0 aromatic carbocycles. The number of Topliss-reactive ketones (excluding diaryl/α,β-unsaturated/α-hetero) is 1. The molecule has 1 atom stereocenters. The number of oxime groups is 1. The number of nitrogens with zero attached hydrogens (tertiary/aromatic N) is 3. The fourth-order valence-electron chi connectivity index (χ4n) is 2.26. The third-order valence-corrected chi connectivity index (χ3v) is 3.54. The molecule has 2 rings (SSSR count). The highest BCUT2D eigenvalue weighted by Crippen LogP contribution is 2.09. The molecule has 2 aromatic heterocycles. The van der Waals surface area contributed by atoms with E-state index in [0.29, 0.717) is 12.3 Å². The lowest BCUT2D eigenvalue weighted by Gasteiger charge is -2.10. The largest absolute Gasteiger partial charge is 0.395 e. The fourth-order valence-corrected chi connectivity index (χ4v) is 2.26. The Morgan fingerprint density at radius 1 is 1.12 bits per heavy atom. The average Bonchev–Trinajstić information content (AvgIpc) is 2.55. The highest BCUT2D eigenvalue weighted by Gasteiger charge is 2.08. The first-order valence-electron chi connectivity index (χ1n) is 8.03. The third kappa shape index (κ3) is 5.26. The lowest BCUT2D eigenvalue weighted by atomic mass is 10.1. The molecule has 24 heavy (non-hydrogen) atoms. The normalized spacial score (nSPS) is 12.8. The number of ketones is 1. The number of carbonyl (C=O) groups excluding carboxylic acids is 1. The van der Waals surface area contributed by atoms with Gasteiger partial charge in [0.15, 0.2) is 5.78 Å². The van der Waals surface area contributed by atoms with Crippen LogP contribution in [-0.2, 0) is 11.3 Å². The second-order valence-electron chi connectivity index (χ2n) is 6.02. The van der Waals surface area contributed by atoms with Crippen LogP contribution in [0.1, 0.15) is 48.3 Å². The van der Waals surface area contributed by atoms with E-state index in [9.17, 15) is 4.79 Å². The number of aromatic nitrogens is 2. The maximum absolute atomic E-state index is 11.4. The lowest BCUT2D eigenvalue weighted by molar-refractivity contribution is 0.101. The first-order chi connectivity index (χ1) is 11.5. The van der Waals surface area contributed by atoms with E-state index in [1.165, 1.54) is 6.92 Å². The van der Waals surface area contributed by atoms with Crippen molar-refractivity contribution >= 4 is 11.5 Å². The van der Waals surface area contributed by atoms with Crippen LogP contribution in [0.2, 0.25) is 0 Å². The Balaban J connectivity index is 1.89. The molecule has 2 heterocycles. The van der Waals surface area contributed by atoms with Crippen LogP contribution in [0, 0.1) is 12.8 Å².